The molecule has 1 heterocycles. The molecule has 0 saturated carbocycles. The molecule has 1 fully saturated rings. The molecular formula is C14H17NO4. The van der Waals surface area contributed by atoms with Crippen molar-refractivity contribution in [3.63, 3.8) is 0 Å². The molecule has 0 spiro atoms. The molecule has 2 rings (SSSR count). The molecule has 1 aromatic rings. The van der Waals surface area contributed by atoms with Gasteiger partial charge in [-0.15, -0.1) is 0 Å². The van der Waals surface area contributed by atoms with Crippen LogP contribution in [-0.4, -0.2) is 42.6 Å². The zero-order valence-corrected chi connectivity index (χ0v) is 11.0. The summed E-state index contributed by atoms with van der Waals surface area (Å²) in [5.41, 5.74) is 0.972. The van der Waals surface area contributed by atoms with E-state index in [-0.39, 0.29) is 5.91 Å². The fraction of sp³-hybridized carbons (Fsp3) is 0.429. The summed E-state index contributed by atoms with van der Waals surface area (Å²) in [7, 11) is 1.43. The lowest BCUT2D eigenvalue weighted by molar-refractivity contribution is -0.186. The highest BCUT2D eigenvalue weighted by molar-refractivity contribution is 5.99. The van der Waals surface area contributed by atoms with Crippen molar-refractivity contribution in [1.29, 1.82) is 0 Å². The number of hydrogen-bond donors (Lipinski definition) is 0. The number of amides is 1. The highest BCUT2D eigenvalue weighted by Gasteiger charge is 2.52. The van der Waals surface area contributed by atoms with Gasteiger partial charge in [0.1, 0.15) is 0 Å². The van der Waals surface area contributed by atoms with Gasteiger partial charge in [0.2, 0.25) is 0 Å². The van der Waals surface area contributed by atoms with Crippen LogP contribution in [0.3, 0.4) is 0 Å². The highest BCUT2D eigenvalue weighted by Crippen LogP contribution is 2.26. The third kappa shape index (κ3) is 2.61. The first kappa shape index (κ1) is 13.5. The second kappa shape index (κ2) is 5.84. The van der Waals surface area contributed by atoms with Crippen molar-refractivity contribution in [3.8, 4) is 0 Å². The van der Waals surface area contributed by atoms with Gasteiger partial charge in [-0.3, -0.25) is 4.79 Å². The molecule has 0 N–H and O–H groups in total. The van der Waals surface area contributed by atoms with E-state index in [1.165, 1.54) is 12.0 Å². The Morgan fingerprint density at radius 2 is 2.00 bits per heavy atom. The van der Waals surface area contributed by atoms with Gasteiger partial charge >= 0.3 is 5.97 Å². The van der Waals surface area contributed by atoms with Crippen molar-refractivity contribution in [1.82, 2.24) is 4.90 Å². The van der Waals surface area contributed by atoms with Gasteiger partial charge in [-0.25, -0.2) is 4.79 Å². The van der Waals surface area contributed by atoms with Gasteiger partial charge in [-0.1, -0.05) is 30.3 Å². The first-order valence-corrected chi connectivity index (χ1v) is 6.23. The third-order valence-corrected chi connectivity index (χ3v) is 3.13. The van der Waals surface area contributed by atoms with Gasteiger partial charge in [0.15, 0.2) is 12.1 Å². The lowest BCUT2D eigenvalue weighted by Gasteiger charge is -2.44. The summed E-state index contributed by atoms with van der Waals surface area (Å²) in [6, 6.07) is 8.88. The van der Waals surface area contributed by atoms with E-state index in [0.717, 1.165) is 5.56 Å². The van der Waals surface area contributed by atoms with Gasteiger partial charge in [-0.05, 0) is 12.5 Å². The van der Waals surface area contributed by atoms with E-state index in [4.69, 9.17) is 9.47 Å². The first-order chi connectivity index (χ1) is 9.19. The number of β-lactam (4-membered cyclic amide) rings is 1. The van der Waals surface area contributed by atoms with Crippen LogP contribution in [0.5, 0.6) is 0 Å². The van der Waals surface area contributed by atoms with E-state index in [0.29, 0.717) is 13.2 Å². The lowest BCUT2D eigenvalue weighted by Crippen LogP contribution is -2.68. The quantitative estimate of drug-likeness (QED) is 0.587. The van der Waals surface area contributed by atoms with E-state index < -0.39 is 18.1 Å². The number of rotatable bonds is 5. The molecule has 1 saturated heterocycles. The molecule has 0 unspecified atom stereocenters. The van der Waals surface area contributed by atoms with E-state index in [1.54, 1.807) is 6.92 Å². The molecule has 1 aromatic carbocycles. The van der Waals surface area contributed by atoms with Crippen LogP contribution in [-0.2, 0) is 25.6 Å². The van der Waals surface area contributed by atoms with E-state index in [2.05, 4.69) is 0 Å². The zero-order chi connectivity index (χ0) is 13.8. The van der Waals surface area contributed by atoms with Crippen molar-refractivity contribution >= 4 is 11.9 Å². The molecule has 0 aromatic heterocycles. The van der Waals surface area contributed by atoms with Crippen LogP contribution >= 0.6 is 0 Å². The molecule has 0 radical (unpaired) electrons. The summed E-state index contributed by atoms with van der Waals surface area (Å²) in [4.78, 5) is 25.2. The Labute approximate surface area is 112 Å². The molecule has 0 bridgehead atoms. The summed E-state index contributed by atoms with van der Waals surface area (Å²) < 4.78 is 10.0. The largest absolute Gasteiger partial charge is 0.464 e. The Morgan fingerprint density at radius 3 is 2.58 bits per heavy atom. The van der Waals surface area contributed by atoms with Crippen molar-refractivity contribution in [3.05, 3.63) is 35.9 Å². The molecular weight excluding hydrogens is 246 g/mol. The number of nitrogens with zero attached hydrogens (tertiary/aromatic N) is 1. The number of benzene rings is 1. The van der Waals surface area contributed by atoms with Gasteiger partial charge in [0.25, 0.3) is 5.91 Å². The van der Waals surface area contributed by atoms with E-state index in [9.17, 15) is 9.59 Å². The summed E-state index contributed by atoms with van der Waals surface area (Å²) in [6.07, 6.45) is -0.720. The molecule has 19 heavy (non-hydrogen) atoms. The predicted molar refractivity (Wildman–Crippen MR) is 68.2 cm³/mol. The van der Waals surface area contributed by atoms with E-state index in [1.807, 2.05) is 30.3 Å². The van der Waals surface area contributed by atoms with Crippen molar-refractivity contribution in [2.75, 3.05) is 13.7 Å². The Balaban J connectivity index is 2.10. The average molecular weight is 263 g/mol. The minimum atomic E-state index is -0.720. The molecule has 5 heteroatoms. The number of esters is 1. The van der Waals surface area contributed by atoms with Gasteiger partial charge < -0.3 is 14.4 Å². The van der Waals surface area contributed by atoms with E-state index >= 15 is 0 Å². The highest BCUT2D eigenvalue weighted by atomic mass is 16.5. The second-order valence-corrected chi connectivity index (χ2v) is 4.30. The van der Waals surface area contributed by atoms with Crippen LogP contribution in [0.25, 0.3) is 0 Å². The molecule has 2 atom stereocenters. The first-order valence-electron chi connectivity index (χ1n) is 6.23. The molecule has 1 aliphatic heterocycles. The SMILES string of the molecule is CCOC(=O)[C@H]1[C@@H](OC)C(=O)N1Cc1ccccc1. The van der Waals surface area contributed by atoms with Crippen LogP contribution in [0.1, 0.15) is 12.5 Å². The molecule has 5 nitrogen and oxygen atoms in total. The van der Waals surface area contributed by atoms with Gasteiger partial charge in [-0.2, -0.15) is 0 Å². The summed E-state index contributed by atoms with van der Waals surface area (Å²) in [5, 5.41) is 0. The van der Waals surface area contributed by atoms with Crippen LogP contribution in [0, 0.1) is 0 Å². The fourth-order valence-corrected chi connectivity index (χ4v) is 2.18. The predicted octanol–water partition coefficient (Wildman–Crippen LogP) is 0.975. The number of ether oxygens (including phenoxy) is 2. The normalized spacial score (nSPS) is 22.0. The number of likely N-dealkylation sites (tertiary alicyclic amines) is 1. The lowest BCUT2D eigenvalue weighted by atomic mass is 9.96. The Hall–Kier alpha value is -1.88. The fourth-order valence-electron chi connectivity index (χ4n) is 2.18. The Morgan fingerprint density at radius 1 is 1.32 bits per heavy atom. The van der Waals surface area contributed by atoms with Crippen LogP contribution in [0.15, 0.2) is 30.3 Å². The Kier molecular flexibility index (Phi) is 4.16. The van der Waals surface area contributed by atoms with Crippen LogP contribution < -0.4 is 0 Å². The maximum atomic E-state index is 11.9. The minimum absolute atomic E-state index is 0.176. The molecule has 1 aliphatic rings. The smallest absolute Gasteiger partial charge is 0.332 e. The minimum Gasteiger partial charge on any atom is -0.464 e. The topological polar surface area (TPSA) is 55.8 Å². The van der Waals surface area contributed by atoms with Crippen molar-refractivity contribution in [2.45, 2.75) is 25.6 Å². The average Bonchev–Trinajstić information content (AvgIpc) is 2.43. The van der Waals surface area contributed by atoms with Gasteiger partial charge in [0, 0.05) is 13.7 Å². The number of methoxy groups -OCH3 is 1. The number of carbonyl (C=O) groups excluding carboxylic acids is 2. The third-order valence-electron chi connectivity index (χ3n) is 3.13. The van der Waals surface area contributed by atoms with Crippen LogP contribution in [0.4, 0.5) is 0 Å². The molecule has 102 valence electrons. The summed E-state index contributed by atoms with van der Waals surface area (Å²) >= 11 is 0. The maximum absolute atomic E-state index is 11.9. The number of carbonyl (C=O) groups is 2. The number of hydrogen-bond acceptors (Lipinski definition) is 4. The second-order valence-electron chi connectivity index (χ2n) is 4.30. The Bertz CT molecular complexity index is 460. The standard InChI is InChI=1S/C14H17NO4/c1-3-19-14(17)11-12(18-2)13(16)15(11)9-10-7-5-4-6-8-10/h4-8,11-12H,3,9H2,1-2H3/t11-,12-/m1/s1. The molecule has 1 amide bonds. The zero-order valence-electron chi connectivity index (χ0n) is 11.0. The molecule has 0 aliphatic carbocycles. The van der Waals surface area contributed by atoms with Crippen molar-refractivity contribution < 1.29 is 19.1 Å². The maximum Gasteiger partial charge on any atom is 0.332 e. The van der Waals surface area contributed by atoms with Crippen molar-refractivity contribution in [2.24, 2.45) is 0 Å². The van der Waals surface area contributed by atoms with Gasteiger partial charge in [0.05, 0.1) is 6.61 Å². The monoisotopic (exact) mass is 263 g/mol. The summed E-state index contributed by atoms with van der Waals surface area (Å²) in [5.74, 6) is -0.589. The summed E-state index contributed by atoms with van der Waals surface area (Å²) in [6.45, 7) is 2.42. The van der Waals surface area contributed by atoms with Crippen LogP contribution in [0.2, 0.25) is 0 Å².